The molecule has 2 rings (SSSR count). The van der Waals surface area contributed by atoms with Gasteiger partial charge in [-0.15, -0.1) is 0 Å². The van der Waals surface area contributed by atoms with Crippen molar-refractivity contribution in [1.82, 2.24) is 5.32 Å². The van der Waals surface area contributed by atoms with Gasteiger partial charge in [0.1, 0.15) is 0 Å². The molecule has 0 saturated carbocycles. The summed E-state index contributed by atoms with van der Waals surface area (Å²) in [5.41, 5.74) is 0.622. The van der Waals surface area contributed by atoms with Gasteiger partial charge in [0.25, 0.3) is 0 Å². The molecule has 2 heterocycles. The van der Waals surface area contributed by atoms with Crippen LogP contribution in [-0.2, 0) is 4.74 Å². The lowest BCUT2D eigenvalue weighted by Gasteiger charge is -2.24. The van der Waals surface area contributed by atoms with Gasteiger partial charge in [-0.25, -0.2) is 0 Å². The standard InChI is InChI=1S/C9H17NO/c1-2-9(3-5-10-8-9)4-7-11-6-1/h10H,1-8H2. The van der Waals surface area contributed by atoms with Crippen molar-refractivity contribution in [2.75, 3.05) is 26.3 Å². The molecule has 64 valence electrons. The molecule has 1 atom stereocenters. The lowest BCUT2D eigenvalue weighted by atomic mass is 9.80. The fourth-order valence-electron chi connectivity index (χ4n) is 2.29. The fourth-order valence-corrected chi connectivity index (χ4v) is 2.29. The van der Waals surface area contributed by atoms with Gasteiger partial charge in [-0.2, -0.15) is 0 Å². The molecular formula is C9H17NO. The zero-order chi connectivity index (χ0) is 7.57. The van der Waals surface area contributed by atoms with Gasteiger partial charge in [-0.05, 0) is 37.6 Å². The number of nitrogens with one attached hydrogen (secondary N) is 1. The molecule has 0 aromatic heterocycles. The van der Waals surface area contributed by atoms with Crippen molar-refractivity contribution in [1.29, 1.82) is 0 Å². The van der Waals surface area contributed by atoms with Crippen LogP contribution in [0.1, 0.15) is 25.7 Å². The SMILES string of the molecule is C1COCCC2(C1)CCNC2. The van der Waals surface area contributed by atoms with Gasteiger partial charge >= 0.3 is 0 Å². The van der Waals surface area contributed by atoms with E-state index in [4.69, 9.17) is 4.74 Å². The highest BCUT2D eigenvalue weighted by Crippen LogP contribution is 2.36. The Bertz CT molecular complexity index is 120. The van der Waals surface area contributed by atoms with E-state index >= 15 is 0 Å². The third kappa shape index (κ3) is 1.57. The summed E-state index contributed by atoms with van der Waals surface area (Å²) in [6, 6.07) is 0. The van der Waals surface area contributed by atoms with E-state index in [1.54, 1.807) is 0 Å². The van der Waals surface area contributed by atoms with Gasteiger partial charge in [0.05, 0.1) is 0 Å². The number of rotatable bonds is 0. The second kappa shape index (κ2) is 3.11. The van der Waals surface area contributed by atoms with Gasteiger partial charge in [-0.3, -0.25) is 0 Å². The molecule has 2 aliphatic rings. The molecule has 1 N–H and O–H groups in total. The monoisotopic (exact) mass is 155 g/mol. The number of hydrogen-bond donors (Lipinski definition) is 1. The molecule has 2 nitrogen and oxygen atoms in total. The molecule has 0 aliphatic carbocycles. The lowest BCUT2D eigenvalue weighted by molar-refractivity contribution is 0.133. The summed E-state index contributed by atoms with van der Waals surface area (Å²) in [4.78, 5) is 0. The van der Waals surface area contributed by atoms with Gasteiger partial charge < -0.3 is 10.1 Å². The summed E-state index contributed by atoms with van der Waals surface area (Å²) < 4.78 is 5.45. The molecule has 2 saturated heterocycles. The Morgan fingerprint density at radius 3 is 2.91 bits per heavy atom. The van der Waals surface area contributed by atoms with Crippen LogP contribution in [0.25, 0.3) is 0 Å². The Morgan fingerprint density at radius 2 is 2.09 bits per heavy atom. The first-order valence-corrected chi connectivity index (χ1v) is 4.70. The Kier molecular flexibility index (Phi) is 2.14. The van der Waals surface area contributed by atoms with Crippen molar-refractivity contribution >= 4 is 0 Å². The Morgan fingerprint density at radius 1 is 1.09 bits per heavy atom. The molecule has 1 unspecified atom stereocenters. The Labute approximate surface area is 68.3 Å². The maximum absolute atomic E-state index is 5.45. The lowest BCUT2D eigenvalue weighted by Crippen LogP contribution is -2.24. The van der Waals surface area contributed by atoms with E-state index in [1.165, 1.54) is 38.8 Å². The van der Waals surface area contributed by atoms with Gasteiger partial charge in [-0.1, -0.05) is 0 Å². The summed E-state index contributed by atoms with van der Waals surface area (Å²) in [5, 5.41) is 3.46. The second-order valence-electron chi connectivity index (χ2n) is 3.89. The summed E-state index contributed by atoms with van der Waals surface area (Å²) >= 11 is 0. The molecule has 0 bridgehead atoms. The summed E-state index contributed by atoms with van der Waals surface area (Å²) in [7, 11) is 0. The first kappa shape index (κ1) is 7.56. The largest absolute Gasteiger partial charge is 0.381 e. The van der Waals surface area contributed by atoms with Crippen molar-refractivity contribution in [2.24, 2.45) is 5.41 Å². The maximum Gasteiger partial charge on any atom is 0.0471 e. The maximum atomic E-state index is 5.45. The normalized spacial score (nSPS) is 39.3. The topological polar surface area (TPSA) is 21.3 Å². The smallest absolute Gasteiger partial charge is 0.0471 e. The first-order chi connectivity index (χ1) is 5.41. The van der Waals surface area contributed by atoms with Crippen LogP contribution < -0.4 is 5.32 Å². The predicted molar refractivity (Wildman–Crippen MR) is 44.6 cm³/mol. The molecule has 0 radical (unpaired) electrons. The molecular weight excluding hydrogens is 138 g/mol. The highest BCUT2D eigenvalue weighted by atomic mass is 16.5. The van der Waals surface area contributed by atoms with E-state index in [2.05, 4.69) is 5.32 Å². The summed E-state index contributed by atoms with van der Waals surface area (Å²) in [5.74, 6) is 0. The minimum absolute atomic E-state index is 0.622. The molecule has 2 fully saturated rings. The fraction of sp³-hybridized carbons (Fsp3) is 1.00. The van der Waals surface area contributed by atoms with Crippen LogP contribution in [0, 0.1) is 5.41 Å². The predicted octanol–water partition coefficient (Wildman–Crippen LogP) is 1.17. The third-order valence-electron chi connectivity index (χ3n) is 3.10. The van der Waals surface area contributed by atoms with Gasteiger partial charge in [0, 0.05) is 19.8 Å². The van der Waals surface area contributed by atoms with E-state index in [9.17, 15) is 0 Å². The minimum Gasteiger partial charge on any atom is -0.381 e. The second-order valence-corrected chi connectivity index (χ2v) is 3.89. The summed E-state index contributed by atoms with van der Waals surface area (Å²) in [6.45, 7) is 4.43. The van der Waals surface area contributed by atoms with Crippen molar-refractivity contribution < 1.29 is 4.74 Å². The highest BCUT2D eigenvalue weighted by Gasteiger charge is 2.33. The van der Waals surface area contributed by atoms with Crippen LogP contribution in [0.5, 0.6) is 0 Å². The zero-order valence-electron chi connectivity index (χ0n) is 7.07. The molecule has 2 heteroatoms. The van der Waals surface area contributed by atoms with E-state index in [-0.39, 0.29) is 0 Å². The number of ether oxygens (including phenoxy) is 1. The van der Waals surface area contributed by atoms with E-state index in [1.807, 2.05) is 0 Å². The van der Waals surface area contributed by atoms with E-state index in [0.717, 1.165) is 13.2 Å². The molecule has 0 aromatic carbocycles. The highest BCUT2D eigenvalue weighted by molar-refractivity contribution is 4.88. The summed E-state index contributed by atoms with van der Waals surface area (Å²) in [6.07, 6.45) is 5.29. The van der Waals surface area contributed by atoms with Crippen molar-refractivity contribution in [3.8, 4) is 0 Å². The molecule has 2 aliphatic heterocycles. The van der Waals surface area contributed by atoms with Crippen LogP contribution >= 0.6 is 0 Å². The zero-order valence-corrected chi connectivity index (χ0v) is 7.07. The van der Waals surface area contributed by atoms with Crippen LogP contribution in [0.4, 0.5) is 0 Å². The average molecular weight is 155 g/mol. The molecule has 0 amide bonds. The minimum atomic E-state index is 0.622. The third-order valence-corrected chi connectivity index (χ3v) is 3.10. The number of hydrogen-bond acceptors (Lipinski definition) is 2. The van der Waals surface area contributed by atoms with E-state index < -0.39 is 0 Å². The Balaban J connectivity index is 1.97. The first-order valence-electron chi connectivity index (χ1n) is 4.70. The molecule has 0 aromatic rings. The van der Waals surface area contributed by atoms with Crippen LogP contribution in [0.15, 0.2) is 0 Å². The van der Waals surface area contributed by atoms with Crippen molar-refractivity contribution in [3.63, 3.8) is 0 Å². The average Bonchev–Trinajstić information content (AvgIpc) is 2.32. The van der Waals surface area contributed by atoms with Gasteiger partial charge in [0.15, 0.2) is 0 Å². The van der Waals surface area contributed by atoms with Gasteiger partial charge in [0.2, 0.25) is 0 Å². The quantitative estimate of drug-likeness (QED) is 0.567. The van der Waals surface area contributed by atoms with Crippen LogP contribution in [0.2, 0.25) is 0 Å². The van der Waals surface area contributed by atoms with Crippen LogP contribution in [0.3, 0.4) is 0 Å². The molecule has 11 heavy (non-hydrogen) atoms. The van der Waals surface area contributed by atoms with Crippen LogP contribution in [-0.4, -0.2) is 26.3 Å². The van der Waals surface area contributed by atoms with E-state index in [0.29, 0.717) is 5.41 Å². The van der Waals surface area contributed by atoms with Crippen molar-refractivity contribution in [3.05, 3.63) is 0 Å². The Hall–Kier alpha value is -0.0800. The van der Waals surface area contributed by atoms with Crippen molar-refractivity contribution in [2.45, 2.75) is 25.7 Å². The molecule has 1 spiro atoms.